The first-order valence-corrected chi connectivity index (χ1v) is 7.29. The van der Waals surface area contributed by atoms with Gasteiger partial charge < -0.3 is 0 Å². The van der Waals surface area contributed by atoms with Crippen molar-refractivity contribution in [2.45, 2.75) is 13.3 Å². The Hall–Kier alpha value is -2.12. The smallest absolute Gasteiger partial charge is 0.168 e. The number of ketones is 1. The van der Waals surface area contributed by atoms with Crippen LogP contribution in [0.15, 0.2) is 60.7 Å². The van der Waals surface area contributed by atoms with Crippen LogP contribution in [0.25, 0.3) is 10.8 Å². The second-order valence-electron chi connectivity index (χ2n) is 5.22. The number of carbonyl (C=O) groups is 1. The molecule has 21 heavy (non-hydrogen) atoms. The van der Waals surface area contributed by atoms with E-state index in [1.54, 1.807) is 0 Å². The second kappa shape index (κ2) is 5.71. The summed E-state index contributed by atoms with van der Waals surface area (Å²) in [5, 5.41) is 2.80. The number of hydrogen-bond acceptors (Lipinski definition) is 1. The Morgan fingerprint density at radius 1 is 1.00 bits per heavy atom. The van der Waals surface area contributed by atoms with E-state index in [9.17, 15) is 4.79 Å². The minimum absolute atomic E-state index is 0.0522. The van der Waals surface area contributed by atoms with Crippen molar-refractivity contribution >= 4 is 28.2 Å². The molecule has 0 heterocycles. The van der Waals surface area contributed by atoms with Gasteiger partial charge in [0.15, 0.2) is 5.78 Å². The third-order valence-electron chi connectivity index (χ3n) is 3.66. The Balaban J connectivity index is 1.97. The Kier molecular flexibility index (Phi) is 3.76. The molecule has 2 heteroatoms. The minimum Gasteiger partial charge on any atom is -0.294 e. The van der Waals surface area contributed by atoms with Gasteiger partial charge in [-0.25, -0.2) is 0 Å². The van der Waals surface area contributed by atoms with Crippen LogP contribution in [-0.2, 0) is 6.42 Å². The van der Waals surface area contributed by atoms with E-state index in [4.69, 9.17) is 11.6 Å². The number of halogens is 1. The fraction of sp³-hybridized carbons (Fsp3) is 0.105. The number of Topliss-reactive ketones (excluding diaryl/α,β-unsaturated/α-hetero) is 1. The van der Waals surface area contributed by atoms with Gasteiger partial charge in [0.05, 0.1) is 5.02 Å². The lowest BCUT2D eigenvalue weighted by molar-refractivity contribution is 0.0993. The van der Waals surface area contributed by atoms with Crippen LogP contribution in [0.3, 0.4) is 0 Å². The summed E-state index contributed by atoms with van der Waals surface area (Å²) in [6.45, 7) is 1.96. The van der Waals surface area contributed by atoms with Crippen LogP contribution in [0.2, 0.25) is 5.02 Å². The molecule has 0 N–H and O–H groups in total. The molecule has 0 saturated carbocycles. The minimum atomic E-state index is 0.0522. The van der Waals surface area contributed by atoms with Gasteiger partial charge in [-0.3, -0.25) is 4.79 Å². The highest BCUT2D eigenvalue weighted by atomic mass is 35.5. The van der Waals surface area contributed by atoms with E-state index in [0.29, 0.717) is 17.0 Å². The molecule has 0 fully saturated rings. The molecule has 0 spiro atoms. The highest BCUT2D eigenvalue weighted by Crippen LogP contribution is 2.23. The molecule has 0 aromatic heterocycles. The van der Waals surface area contributed by atoms with Crippen molar-refractivity contribution < 1.29 is 4.79 Å². The molecule has 0 bridgehead atoms. The lowest BCUT2D eigenvalue weighted by Crippen LogP contribution is -2.05. The van der Waals surface area contributed by atoms with Gasteiger partial charge in [0.25, 0.3) is 0 Å². The molecule has 3 aromatic carbocycles. The van der Waals surface area contributed by atoms with Crippen molar-refractivity contribution in [2.24, 2.45) is 0 Å². The monoisotopic (exact) mass is 294 g/mol. The lowest BCUT2D eigenvalue weighted by Gasteiger charge is -2.08. The first-order chi connectivity index (χ1) is 10.1. The van der Waals surface area contributed by atoms with Crippen LogP contribution >= 0.6 is 11.6 Å². The van der Waals surface area contributed by atoms with Crippen LogP contribution in [-0.4, -0.2) is 5.78 Å². The molecule has 1 nitrogen and oxygen atoms in total. The number of hydrogen-bond donors (Lipinski definition) is 0. The molecule has 0 atom stereocenters. The number of aryl methyl sites for hydroxylation is 1. The van der Waals surface area contributed by atoms with E-state index in [1.165, 1.54) is 0 Å². The zero-order valence-corrected chi connectivity index (χ0v) is 12.5. The zero-order valence-electron chi connectivity index (χ0n) is 11.8. The normalized spacial score (nSPS) is 10.8. The van der Waals surface area contributed by atoms with Gasteiger partial charge in [0, 0.05) is 12.0 Å². The highest BCUT2D eigenvalue weighted by Gasteiger charge is 2.12. The van der Waals surface area contributed by atoms with Gasteiger partial charge in [-0.05, 0) is 41.0 Å². The van der Waals surface area contributed by atoms with Crippen molar-refractivity contribution in [2.75, 3.05) is 0 Å². The fourth-order valence-corrected chi connectivity index (χ4v) is 2.90. The Morgan fingerprint density at radius 2 is 1.76 bits per heavy atom. The van der Waals surface area contributed by atoms with E-state index in [-0.39, 0.29) is 5.78 Å². The van der Waals surface area contributed by atoms with Crippen LogP contribution in [0.4, 0.5) is 0 Å². The van der Waals surface area contributed by atoms with E-state index in [2.05, 4.69) is 18.2 Å². The number of fused-ring (bicyclic) bond motifs is 1. The molecule has 3 rings (SSSR count). The maximum Gasteiger partial charge on any atom is 0.168 e. The Bertz CT molecular complexity index is 815. The lowest BCUT2D eigenvalue weighted by atomic mass is 9.97. The van der Waals surface area contributed by atoms with Crippen LogP contribution in [0, 0.1) is 6.92 Å². The molecule has 0 saturated heterocycles. The van der Waals surface area contributed by atoms with Gasteiger partial charge in [0.1, 0.15) is 0 Å². The van der Waals surface area contributed by atoms with E-state index in [0.717, 1.165) is 21.9 Å². The molecule has 3 aromatic rings. The molecule has 0 aliphatic carbocycles. The van der Waals surface area contributed by atoms with Gasteiger partial charge in [-0.15, -0.1) is 0 Å². The zero-order chi connectivity index (χ0) is 14.8. The van der Waals surface area contributed by atoms with Crippen molar-refractivity contribution in [3.8, 4) is 0 Å². The molecule has 104 valence electrons. The predicted octanol–water partition coefficient (Wildman–Crippen LogP) is 5.23. The summed E-state index contributed by atoms with van der Waals surface area (Å²) in [6.07, 6.45) is 0.365. The first-order valence-electron chi connectivity index (χ1n) is 6.91. The molecule has 0 unspecified atom stereocenters. The largest absolute Gasteiger partial charge is 0.294 e. The Morgan fingerprint density at radius 3 is 2.57 bits per heavy atom. The van der Waals surface area contributed by atoms with Crippen LogP contribution < -0.4 is 0 Å². The SMILES string of the molecule is Cc1ccc(C(=O)Cc2cccc3ccccc23)c(Cl)c1. The topological polar surface area (TPSA) is 17.1 Å². The maximum absolute atomic E-state index is 12.5. The molecule has 0 aliphatic rings. The molecule has 0 amide bonds. The van der Waals surface area contributed by atoms with E-state index < -0.39 is 0 Å². The standard InChI is InChI=1S/C19H15ClO/c1-13-9-10-17(18(20)11-13)19(21)12-15-7-4-6-14-5-2-3-8-16(14)15/h2-11H,12H2,1H3. The summed E-state index contributed by atoms with van der Waals surface area (Å²) in [5.74, 6) is 0.0522. The quantitative estimate of drug-likeness (QED) is 0.605. The summed E-state index contributed by atoms with van der Waals surface area (Å²) >= 11 is 6.19. The highest BCUT2D eigenvalue weighted by molar-refractivity contribution is 6.34. The van der Waals surface area contributed by atoms with Gasteiger partial charge in [0.2, 0.25) is 0 Å². The van der Waals surface area contributed by atoms with Crippen LogP contribution in [0.5, 0.6) is 0 Å². The number of carbonyl (C=O) groups excluding carboxylic acids is 1. The molecular weight excluding hydrogens is 280 g/mol. The summed E-state index contributed by atoms with van der Waals surface area (Å²) in [7, 11) is 0. The maximum atomic E-state index is 12.5. The summed E-state index contributed by atoms with van der Waals surface area (Å²) in [4.78, 5) is 12.5. The van der Waals surface area contributed by atoms with E-state index >= 15 is 0 Å². The van der Waals surface area contributed by atoms with Crippen molar-refractivity contribution in [1.82, 2.24) is 0 Å². The average molecular weight is 295 g/mol. The molecular formula is C19H15ClO. The van der Waals surface area contributed by atoms with Gasteiger partial charge >= 0.3 is 0 Å². The molecule has 0 radical (unpaired) electrons. The summed E-state index contributed by atoms with van der Waals surface area (Å²) in [5.41, 5.74) is 2.69. The van der Waals surface area contributed by atoms with Crippen LogP contribution in [0.1, 0.15) is 21.5 Å². The average Bonchev–Trinajstić information content (AvgIpc) is 2.47. The number of rotatable bonds is 3. The predicted molar refractivity (Wildman–Crippen MR) is 88.2 cm³/mol. The fourth-order valence-electron chi connectivity index (χ4n) is 2.56. The van der Waals surface area contributed by atoms with Crippen molar-refractivity contribution in [3.63, 3.8) is 0 Å². The van der Waals surface area contributed by atoms with Gasteiger partial charge in [-0.1, -0.05) is 60.1 Å². The Labute approximate surface area is 129 Å². The first kappa shape index (κ1) is 13.8. The third-order valence-corrected chi connectivity index (χ3v) is 3.97. The number of benzene rings is 3. The second-order valence-corrected chi connectivity index (χ2v) is 5.63. The van der Waals surface area contributed by atoms with Crippen molar-refractivity contribution in [1.29, 1.82) is 0 Å². The molecule has 0 aliphatic heterocycles. The van der Waals surface area contributed by atoms with E-state index in [1.807, 2.05) is 49.4 Å². The van der Waals surface area contributed by atoms with Crippen molar-refractivity contribution in [3.05, 3.63) is 82.4 Å². The third kappa shape index (κ3) is 2.84. The summed E-state index contributed by atoms with van der Waals surface area (Å²) < 4.78 is 0. The van der Waals surface area contributed by atoms with Gasteiger partial charge in [-0.2, -0.15) is 0 Å². The summed E-state index contributed by atoms with van der Waals surface area (Å²) in [6, 6.07) is 19.7.